The summed E-state index contributed by atoms with van der Waals surface area (Å²) in [5.74, 6) is -1.88. The molecule has 1 aromatic carbocycles. The van der Waals surface area contributed by atoms with E-state index in [0.29, 0.717) is 67.2 Å². The number of methoxy groups -OCH3 is 1. The number of piperidine rings is 1. The van der Waals surface area contributed by atoms with Crippen LogP contribution in [0.5, 0.6) is 5.75 Å². The van der Waals surface area contributed by atoms with Gasteiger partial charge in [-0.2, -0.15) is 4.31 Å². The molecule has 0 N–H and O–H groups in total. The molecular weight excluding hydrogens is 574 g/mol. The van der Waals surface area contributed by atoms with Gasteiger partial charge in [0.1, 0.15) is 5.75 Å². The molecule has 1 aromatic heterocycles. The zero-order valence-corrected chi connectivity index (χ0v) is 26.7. The molecule has 0 spiro atoms. The largest absolute Gasteiger partial charge is 0.497 e. The molecule has 238 valence electrons. The molecule has 2 aliphatic heterocycles. The van der Waals surface area contributed by atoms with E-state index in [2.05, 4.69) is 9.47 Å². The molecule has 1 saturated carbocycles. The molecule has 8 nitrogen and oxygen atoms in total. The second kappa shape index (κ2) is 12.9. The first-order valence-electron chi connectivity index (χ1n) is 15.6. The monoisotopic (exact) mass is 620 g/mol. The normalized spacial score (nSPS) is 24.8. The average Bonchev–Trinajstić information content (AvgIpc) is 3.45. The molecule has 2 fully saturated rings. The molecule has 1 saturated heterocycles. The van der Waals surface area contributed by atoms with E-state index in [-0.39, 0.29) is 36.9 Å². The molecule has 11 heteroatoms. The number of ether oxygens (including phenoxy) is 1. The van der Waals surface area contributed by atoms with Crippen LogP contribution >= 0.6 is 0 Å². The second-order valence-electron chi connectivity index (χ2n) is 12.6. The van der Waals surface area contributed by atoms with Crippen LogP contribution in [0.1, 0.15) is 80.7 Å². The number of sulfonamides is 1. The number of hydrogen-bond donors (Lipinski definition) is 0. The number of nitrogens with zero attached hydrogens (tertiary/aromatic N) is 4. The van der Waals surface area contributed by atoms with Crippen LogP contribution in [0, 0.1) is 13.8 Å². The number of aromatic nitrogens is 1. The molecule has 5 rings (SSSR count). The van der Waals surface area contributed by atoms with Crippen LogP contribution in [0.2, 0.25) is 0 Å². The lowest BCUT2D eigenvalue weighted by atomic mass is 9.87. The van der Waals surface area contributed by atoms with Crippen LogP contribution < -0.4 is 4.74 Å². The zero-order valence-electron chi connectivity index (χ0n) is 25.9. The number of aryl methyl sites for hydroxylation is 2. The summed E-state index contributed by atoms with van der Waals surface area (Å²) in [7, 11) is -0.380. The number of carbonyl (C=O) groups is 1. The highest BCUT2D eigenvalue weighted by atomic mass is 32.2. The number of benzene rings is 1. The van der Waals surface area contributed by atoms with Gasteiger partial charge in [0, 0.05) is 76.5 Å². The van der Waals surface area contributed by atoms with Crippen molar-refractivity contribution >= 4 is 15.9 Å². The summed E-state index contributed by atoms with van der Waals surface area (Å²) < 4.78 is 64.7. The number of alkyl halides is 2. The topological polar surface area (TPSA) is 75.1 Å². The maximum Gasteiger partial charge on any atom is 0.250 e. The zero-order chi connectivity index (χ0) is 30.9. The van der Waals surface area contributed by atoms with Gasteiger partial charge in [0.15, 0.2) is 0 Å². The SMILES string of the molecule is COc1cc(C)c(S(=O)(=O)N2CCn3cccc3C2CCCC(=O)N(C)C2CCCC(N3CCC(F)(F)CC3)C2)c(C)c1. The highest BCUT2D eigenvalue weighted by molar-refractivity contribution is 7.89. The van der Waals surface area contributed by atoms with E-state index in [1.807, 2.05) is 30.3 Å². The average molecular weight is 621 g/mol. The molecule has 1 aliphatic carbocycles. The predicted octanol–water partition coefficient (Wildman–Crippen LogP) is 5.53. The van der Waals surface area contributed by atoms with Crippen molar-refractivity contribution in [1.82, 2.24) is 18.7 Å². The Labute approximate surface area is 255 Å². The van der Waals surface area contributed by atoms with Crippen molar-refractivity contribution in [2.75, 3.05) is 33.8 Å². The minimum atomic E-state index is -3.81. The smallest absolute Gasteiger partial charge is 0.250 e. The minimum Gasteiger partial charge on any atom is -0.497 e. The Hall–Kier alpha value is -2.50. The van der Waals surface area contributed by atoms with E-state index < -0.39 is 15.9 Å². The Morgan fingerprint density at radius 3 is 2.47 bits per heavy atom. The summed E-state index contributed by atoms with van der Waals surface area (Å²) in [6, 6.07) is 7.40. The van der Waals surface area contributed by atoms with Crippen molar-refractivity contribution in [2.45, 2.75) is 107 Å². The van der Waals surface area contributed by atoms with Crippen molar-refractivity contribution in [1.29, 1.82) is 0 Å². The number of likely N-dealkylation sites (tertiary alicyclic amines) is 1. The Morgan fingerprint density at radius 1 is 1.09 bits per heavy atom. The summed E-state index contributed by atoms with van der Waals surface area (Å²) >= 11 is 0. The van der Waals surface area contributed by atoms with Crippen LogP contribution in [0.25, 0.3) is 0 Å². The highest BCUT2D eigenvalue weighted by Crippen LogP contribution is 2.38. The molecule has 0 radical (unpaired) electrons. The van der Waals surface area contributed by atoms with Crippen molar-refractivity contribution in [3.8, 4) is 5.75 Å². The first-order valence-corrected chi connectivity index (χ1v) is 17.0. The molecule has 1 amide bonds. The van der Waals surface area contributed by atoms with Crippen LogP contribution in [-0.4, -0.2) is 84.8 Å². The van der Waals surface area contributed by atoms with Gasteiger partial charge in [-0.3, -0.25) is 9.69 Å². The number of fused-ring (bicyclic) bond motifs is 1. The fourth-order valence-corrected chi connectivity index (χ4v) is 9.48. The van der Waals surface area contributed by atoms with Crippen LogP contribution in [0.3, 0.4) is 0 Å². The summed E-state index contributed by atoms with van der Waals surface area (Å²) in [4.78, 5) is 17.7. The van der Waals surface area contributed by atoms with Crippen molar-refractivity contribution < 1.29 is 26.7 Å². The fraction of sp³-hybridized carbons (Fsp3) is 0.656. The van der Waals surface area contributed by atoms with Crippen LogP contribution in [0.4, 0.5) is 8.78 Å². The van der Waals surface area contributed by atoms with Crippen LogP contribution in [-0.2, 0) is 21.4 Å². The van der Waals surface area contributed by atoms with Gasteiger partial charge in [0.25, 0.3) is 5.92 Å². The molecular formula is C32H46F2N4O4S. The van der Waals surface area contributed by atoms with E-state index in [4.69, 9.17) is 4.74 Å². The summed E-state index contributed by atoms with van der Waals surface area (Å²) in [6.07, 6.45) is 6.95. The third-order valence-electron chi connectivity index (χ3n) is 9.83. The summed E-state index contributed by atoms with van der Waals surface area (Å²) in [5, 5.41) is 0. The molecule has 0 bridgehead atoms. The predicted molar refractivity (Wildman–Crippen MR) is 162 cm³/mol. The lowest BCUT2D eigenvalue weighted by Gasteiger charge is -2.43. The summed E-state index contributed by atoms with van der Waals surface area (Å²) in [5.41, 5.74) is 2.25. The van der Waals surface area contributed by atoms with Gasteiger partial charge in [0.2, 0.25) is 15.9 Å². The van der Waals surface area contributed by atoms with Crippen molar-refractivity contribution in [3.63, 3.8) is 0 Å². The van der Waals surface area contributed by atoms with Gasteiger partial charge in [-0.25, -0.2) is 17.2 Å². The number of amides is 1. The van der Waals surface area contributed by atoms with E-state index in [0.717, 1.165) is 31.4 Å². The third kappa shape index (κ3) is 6.78. The molecule has 43 heavy (non-hydrogen) atoms. The molecule has 3 heterocycles. The van der Waals surface area contributed by atoms with Crippen molar-refractivity contribution in [3.05, 3.63) is 47.3 Å². The molecule has 3 atom stereocenters. The van der Waals surface area contributed by atoms with Gasteiger partial charge in [-0.05, 0) is 87.8 Å². The van der Waals surface area contributed by atoms with Gasteiger partial charge in [-0.15, -0.1) is 0 Å². The summed E-state index contributed by atoms with van der Waals surface area (Å²) in [6.45, 7) is 5.37. The standard InChI is InChI=1S/C32H46F2N4O4S/c1-23-20-27(42-4)21-24(2)31(23)43(40,41)38-19-18-37-15-7-11-28(37)29(38)10-6-12-30(39)35(3)25-8-5-9-26(22-25)36-16-13-32(33,34)14-17-36/h7,11,15,20-21,25-26,29H,5-6,8-10,12-14,16-19,22H2,1-4H3. The first kappa shape index (κ1) is 31.9. The van der Waals surface area contributed by atoms with Gasteiger partial charge in [-0.1, -0.05) is 0 Å². The number of halogens is 2. The highest BCUT2D eigenvalue weighted by Gasteiger charge is 2.40. The minimum absolute atomic E-state index is 0.0540. The Morgan fingerprint density at radius 2 is 1.79 bits per heavy atom. The van der Waals surface area contributed by atoms with E-state index >= 15 is 0 Å². The lowest BCUT2D eigenvalue weighted by molar-refractivity contribution is -0.133. The van der Waals surface area contributed by atoms with E-state index in [9.17, 15) is 22.0 Å². The van der Waals surface area contributed by atoms with E-state index in [1.165, 1.54) is 0 Å². The Balaban J connectivity index is 1.24. The van der Waals surface area contributed by atoms with Crippen molar-refractivity contribution in [2.24, 2.45) is 0 Å². The maximum atomic E-state index is 14.1. The molecule has 2 aromatic rings. The number of hydrogen-bond acceptors (Lipinski definition) is 5. The maximum absolute atomic E-state index is 14.1. The molecule has 3 unspecified atom stereocenters. The van der Waals surface area contributed by atoms with Gasteiger partial charge < -0.3 is 14.2 Å². The van der Waals surface area contributed by atoms with Gasteiger partial charge >= 0.3 is 0 Å². The quantitative estimate of drug-likeness (QED) is 0.369. The number of rotatable bonds is 9. The van der Waals surface area contributed by atoms with Gasteiger partial charge in [0.05, 0.1) is 18.0 Å². The second-order valence-corrected chi connectivity index (χ2v) is 14.4. The third-order valence-corrected chi connectivity index (χ3v) is 12.0. The fourth-order valence-electron chi connectivity index (χ4n) is 7.44. The van der Waals surface area contributed by atoms with E-state index in [1.54, 1.807) is 37.4 Å². The molecule has 3 aliphatic rings. The first-order chi connectivity index (χ1) is 20.4. The van der Waals surface area contributed by atoms with Crippen LogP contribution in [0.15, 0.2) is 35.4 Å². The number of carbonyl (C=O) groups excluding carboxylic acids is 1. The lowest BCUT2D eigenvalue weighted by Crippen LogP contribution is -2.50. The Bertz CT molecular complexity index is 1380. The Kier molecular flexibility index (Phi) is 9.54.